The lowest BCUT2D eigenvalue weighted by atomic mass is 9.96. The molecule has 0 aliphatic heterocycles. The summed E-state index contributed by atoms with van der Waals surface area (Å²) in [4.78, 5) is 1.36. The average Bonchev–Trinajstić information content (AvgIpc) is 3.21. The Labute approximate surface area is 187 Å². The Morgan fingerprint density at radius 3 is 1.68 bits per heavy atom. The van der Waals surface area contributed by atoms with Crippen molar-refractivity contribution in [2.75, 3.05) is 0 Å². The molecular weight excluding hydrogens is 415 g/mol. The van der Waals surface area contributed by atoms with Crippen molar-refractivity contribution < 1.29 is 0 Å². The highest BCUT2D eigenvalue weighted by Crippen LogP contribution is 2.52. The molecular formula is C27H23N2PS. The number of thiophene rings is 1. The van der Waals surface area contributed by atoms with Crippen LogP contribution in [0.5, 0.6) is 0 Å². The summed E-state index contributed by atoms with van der Waals surface area (Å²) < 4.78 is 5.58. The summed E-state index contributed by atoms with van der Waals surface area (Å²) in [6.07, 6.45) is 4.43. The first-order valence-electron chi connectivity index (χ1n) is 10.7. The van der Waals surface area contributed by atoms with E-state index in [1.165, 1.54) is 32.8 Å². The second-order valence-electron chi connectivity index (χ2n) is 7.74. The van der Waals surface area contributed by atoms with E-state index in [4.69, 9.17) is 4.74 Å². The van der Waals surface area contributed by atoms with Crippen LogP contribution in [0.25, 0.3) is 0 Å². The number of nitrogens with zero attached hydrogens (tertiary/aromatic N) is 2. The van der Waals surface area contributed by atoms with Crippen molar-refractivity contribution in [3.05, 3.63) is 107 Å². The number of aryl methyl sites for hydroxylation is 1. The molecule has 1 heterocycles. The molecule has 0 fully saturated rings. The van der Waals surface area contributed by atoms with Gasteiger partial charge in [-0.25, -0.2) is 4.74 Å². The van der Waals surface area contributed by atoms with Crippen LogP contribution in [-0.2, 0) is 12.8 Å². The van der Waals surface area contributed by atoms with Gasteiger partial charge in [0.05, 0.1) is 12.6 Å². The largest absolute Gasteiger partial charge is 0.242 e. The van der Waals surface area contributed by atoms with Crippen molar-refractivity contribution in [2.45, 2.75) is 25.7 Å². The van der Waals surface area contributed by atoms with Gasteiger partial charge in [-0.05, 0) is 31.2 Å². The summed E-state index contributed by atoms with van der Waals surface area (Å²) >= 11 is 1.74. The lowest BCUT2D eigenvalue weighted by molar-refractivity contribution is 0.696. The van der Waals surface area contributed by atoms with E-state index < -0.39 is 7.05 Å². The molecule has 1 aliphatic rings. The molecule has 0 saturated carbocycles. The summed E-state index contributed by atoms with van der Waals surface area (Å²) in [6, 6.07) is 34.4. The molecule has 0 radical (unpaired) electrons. The minimum Gasteiger partial charge on any atom is -0.242 e. The number of benzene rings is 3. The van der Waals surface area contributed by atoms with Gasteiger partial charge >= 0.3 is 0 Å². The molecule has 0 unspecified atom stereocenters. The monoisotopic (exact) mass is 438 g/mol. The minimum absolute atomic E-state index is 0.798. The van der Waals surface area contributed by atoms with Crippen molar-refractivity contribution in [1.82, 2.24) is 0 Å². The van der Waals surface area contributed by atoms with E-state index in [0.717, 1.165) is 29.8 Å². The van der Waals surface area contributed by atoms with Gasteiger partial charge in [-0.2, -0.15) is 5.26 Å². The lowest BCUT2D eigenvalue weighted by Gasteiger charge is -2.26. The van der Waals surface area contributed by atoms with Crippen molar-refractivity contribution in [1.29, 1.82) is 5.26 Å². The van der Waals surface area contributed by atoms with E-state index >= 15 is 0 Å². The molecule has 4 heteroatoms. The predicted molar refractivity (Wildman–Crippen MR) is 133 cm³/mol. The van der Waals surface area contributed by atoms with Crippen molar-refractivity contribution >= 4 is 39.3 Å². The van der Waals surface area contributed by atoms with Crippen LogP contribution >= 0.6 is 18.4 Å². The van der Waals surface area contributed by atoms with E-state index in [2.05, 4.69) is 97.1 Å². The normalized spacial score (nSPS) is 13.3. The summed E-state index contributed by atoms with van der Waals surface area (Å²) in [7, 11) is -2.34. The molecule has 152 valence electrons. The first-order valence-corrected chi connectivity index (χ1v) is 13.2. The Balaban J connectivity index is 1.90. The fraction of sp³-hybridized carbons (Fsp3) is 0.148. The van der Waals surface area contributed by atoms with Gasteiger partial charge in [0.25, 0.3) is 0 Å². The smallest absolute Gasteiger partial charge is 0.133 e. The van der Waals surface area contributed by atoms with Gasteiger partial charge in [0.15, 0.2) is 0 Å². The first kappa shape index (κ1) is 20.0. The van der Waals surface area contributed by atoms with Crippen molar-refractivity contribution in [2.24, 2.45) is 4.74 Å². The molecule has 1 aliphatic carbocycles. The predicted octanol–water partition coefficient (Wildman–Crippen LogP) is 6.31. The SMILES string of the molecule is N#Cc1c(N=P(c2ccccc2)(c2ccccc2)c2ccccc2)sc2c1CCCC2. The van der Waals surface area contributed by atoms with Gasteiger partial charge in [0, 0.05) is 20.8 Å². The molecule has 0 saturated heterocycles. The van der Waals surface area contributed by atoms with Crippen LogP contribution < -0.4 is 15.9 Å². The molecule has 1 aromatic heterocycles. The standard InChI is InChI=1S/C27H23N2PS/c28-20-25-24-18-10-11-19-26(24)31-27(25)29-30(21-12-4-1-5-13-21,22-14-6-2-7-15-22)23-16-8-3-9-17-23/h1-9,12-17H,10-11,18-19H2. The molecule has 5 rings (SSSR count). The Morgan fingerprint density at radius 1 is 0.710 bits per heavy atom. The molecule has 4 aromatic rings. The molecule has 0 bridgehead atoms. The highest BCUT2D eigenvalue weighted by Gasteiger charge is 2.29. The van der Waals surface area contributed by atoms with Crippen molar-refractivity contribution in [3.8, 4) is 6.07 Å². The Hall–Kier alpha value is -2.92. The number of hydrogen-bond acceptors (Lipinski definition) is 3. The highest BCUT2D eigenvalue weighted by atomic mass is 32.1. The Morgan fingerprint density at radius 2 is 1.19 bits per heavy atom. The maximum atomic E-state index is 10.1. The second-order valence-corrected chi connectivity index (χ2v) is 11.8. The van der Waals surface area contributed by atoms with E-state index in [1.54, 1.807) is 11.3 Å². The summed E-state index contributed by atoms with van der Waals surface area (Å²) in [6.45, 7) is 0. The van der Waals surface area contributed by atoms with Crippen LogP contribution in [0.15, 0.2) is 95.7 Å². The number of fused-ring (bicyclic) bond motifs is 1. The quantitative estimate of drug-likeness (QED) is 0.344. The maximum Gasteiger partial charge on any atom is 0.133 e. The average molecular weight is 439 g/mol. The molecule has 0 atom stereocenters. The first-order chi connectivity index (χ1) is 15.3. The summed E-state index contributed by atoms with van der Waals surface area (Å²) in [5, 5.41) is 14.6. The zero-order valence-corrected chi connectivity index (χ0v) is 18.9. The van der Waals surface area contributed by atoms with Gasteiger partial charge in [0.1, 0.15) is 11.1 Å². The fourth-order valence-electron chi connectivity index (χ4n) is 4.43. The molecule has 31 heavy (non-hydrogen) atoms. The van der Waals surface area contributed by atoms with Crippen molar-refractivity contribution in [3.63, 3.8) is 0 Å². The van der Waals surface area contributed by atoms with Gasteiger partial charge in [0.2, 0.25) is 0 Å². The highest BCUT2D eigenvalue weighted by molar-refractivity contribution is 7.87. The number of nitriles is 1. The molecule has 0 amide bonds. The zero-order valence-electron chi connectivity index (χ0n) is 17.2. The molecule has 3 aromatic carbocycles. The third-order valence-corrected chi connectivity index (χ3v) is 10.9. The fourth-order valence-corrected chi connectivity index (χ4v) is 9.46. The van der Waals surface area contributed by atoms with Crippen LogP contribution in [0.3, 0.4) is 0 Å². The lowest BCUT2D eigenvalue weighted by Crippen LogP contribution is -2.25. The topological polar surface area (TPSA) is 36.1 Å². The van der Waals surface area contributed by atoms with Crippen LogP contribution in [-0.4, -0.2) is 0 Å². The van der Waals surface area contributed by atoms with Crippen LogP contribution in [0.1, 0.15) is 28.8 Å². The third kappa shape index (κ3) is 3.57. The van der Waals surface area contributed by atoms with Crippen LogP contribution in [0.2, 0.25) is 0 Å². The van der Waals surface area contributed by atoms with E-state index in [9.17, 15) is 5.26 Å². The van der Waals surface area contributed by atoms with E-state index in [0.29, 0.717) is 0 Å². The second kappa shape index (κ2) is 8.67. The van der Waals surface area contributed by atoms with Gasteiger partial charge in [-0.1, -0.05) is 91.0 Å². The Kier molecular flexibility index (Phi) is 5.60. The Bertz CT molecular complexity index is 1180. The van der Waals surface area contributed by atoms with Crippen LogP contribution in [0.4, 0.5) is 5.00 Å². The summed E-state index contributed by atoms with van der Waals surface area (Å²) in [5.41, 5.74) is 2.04. The van der Waals surface area contributed by atoms with Gasteiger partial charge in [-0.15, -0.1) is 11.3 Å². The molecule has 2 nitrogen and oxygen atoms in total. The van der Waals surface area contributed by atoms with Gasteiger partial charge in [-0.3, -0.25) is 0 Å². The van der Waals surface area contributed by atoms with E-state index in [1.807, 2.05) is 0 Å². The zero-order chi connectivity index (χ0) is 21.1. The van der Waals surface area contributed by atoms with E-state index in [-0.39, 0.29) is 0 Å². The number of rotatable bonds is 4. The van der Waals surface area contributed by atoms with Crippen LogP contribution in [0, 0.1) is 11.3 Å². The van der Waals surface area contributed by atoms with Gasteiger partial charge < -0.3 is 0 Å². The molecule has 0 spiro atoms. The number of hydrogen-bond donors (Lipinski definition) is 0. The summed E-state index contributed by atoms with van der Waals surface area (Å²) in [5.74, 6) is 0. The third-order valence-electron chi connectivity index (χ3n) is 5.89. The maximum absolute atomic E-state index is 10.1. The minimum atomic E-state index is -2.34. The molecule has 0 N–H and O–H groups in total.